The molecule has 3 aliphatic carbocycles. The molecule has 0 aromatic carbocycles. The molecular weight excluding hydrogens is 392 g/mol. The first-order valence-electron chi connectivity index (χ1n) is 9.94. The zero-order valence-electron chi connectivity index (χ0n) is 17.7. The summed E-state index contributed by atoms with van der Waals surface area (Å²) in [4.78, 5) is 37.5. The summed E-state index contributed by atoms with van der Waals surface area (Å²) in [6.07, 6.45) is 6.95. The second kappa shape index (κ2) is 7.53. The Balaban J connectivity index is 2.23. The largest absolute Gasteiger partial charge is 0.452 e. The maximum absolute atomic E-state index is 12.9. The molecule has 0 heterocycles. The summed E-state index contributed by atoms with van der Waals surface area (Å²) in [5.41, 5.74) is -2.10. The number of ether oxygens (including phenoxy) is 1. The quantitative estimate of drug-likeness (QED) is 0.297. The van der Waals surface area contributed by atoms with Gasteiger partial charge in [-0.15, -0.1) is 0 Å². The third-order valence-electron chi connectivity index (χ3n) is 6.65. The Labute approximate surface area is 181 Å². The van der Waals surface area contributed by atoms with E-state index in [9.17, 15) is 24.9 Å². The second-order valence-corrected chi connectivity index (χ2v) is 8.80. The minimum absolute atomic E-state index is 0.0192. The Hall–Kier alpha value is -3.69. The van der Waals surface area contributed by atoms with Gasteiger partial charge < -0.3 is 4.74 Å². The molecular formula is C25H22N2O4. The lowest BCUT2D eigenvalue weighted by Gasteiger charge is -2.56. The number of hydrogen-bond donors (Lipinski definition) is 0. The highest BCUT2D eigenvalue weighted by molar-refractivity contribution is 6.10. The predicted octanol–water partition coefficient (Wildman–Crippen LogP) is 3.14. The van der Waals surface area contributed by atoms with Crippen LogP contribution in [0.1, 0.15) is 33.6 Å². The zero-order valence-corrected chi connectivity index (χ0v) is 17.7. The Morgan fingerprint density at radius 1 is 1.23 bits per heavy atom. The Morgan fingerprint density at radius 2 is 1.90 bits per heavy atom. The number of rotatable bonds is 2. The van der Waals surface area contributed by atoms with Crippen LogP contribution in [-0.4, -0.2) is 24.1 Å². The predicted molar refractivity (Wildman–Crippen MR) is 111 cm³/mol. The van der Waals surface area contributed by atoms with Crippen LogP contribution in [-0.2, 0) is 19.1 Å². The van der Waals surface area contributed by atoms with Crippen LogP contribution in [0.25, 0.3) is 0 Å². The van der Waals surface area contributed by atoms with Crippen molar-refractivity contribution in [3.05, 3.63) is 47.6 Å². The van der Waals surface area contributed by atoms with Gasteiger partial charge in [0.1, 0.15) is 18.7 Å². The number of fused-ring (bicyclic) bond motifs is 3. The van der Waals surface area contributed by atoms with E-state index in [4.69, 9.17) is 4.74 Å². The summed E-state index contributed by atoms with van der Waals surface area (Å²) >= 11 is 0. The van der Waals surface area contributed by atoms with Crippen LogP contribution < -0.4 is 0 Å². The van der Waals surface area contributed by atoms with Crippen molar-refractivity contribution in [3.8, 4) is 24.0 Å². The van der Waals surface area contributed by atoms with E-state index < -0.39 is 28.0 Å². The van der Waals surface area contributed by atoms with Gasteiger partial charge in [0, 0.05) is 16.8 Å². The number of allylic oxidation sites excluding steroid dienone is 6. The fourth-order valence-corrected chi connectivity index (χ4v) is 5.26. The molecule has 0 saturated heterocycles. The van der Waals surface area contributed by atoms with Gasteiger partial charge in [0.2, 0.25) is 0 Å². The van der Waals surface area contributed by atoms with Crippen molar-refractivity contribution >= 4 is 17.5 Å². The highest BCUT2D eigenvalue weighted by Gasteiger charge is 2.59. The van der Waals surface area contributed by atoms with Crippen molar-refractivity contribution in [2.75, 3.05) is 6.61 Å². The number of carbonyl (C=O) groups excluding carboxylic acids is 3. The van der Waals surface area contributed by atoms with E-state index in [-0.39, 0.29) is 29.5 Å². The summed E-state index contributed by atoms with van der Waals surface area (Å²) in [5.74, 6) is 3.85. The molecule has 156 valence electrons. The van der Waals surface area contributed by atoms with Crippen LogP contribution >= 0.6 is 0 Å². The van der Waals surface area contributed by atoms with Crippen LogP contribution in [0.5, 0.6) is 0 Å². The van der Waals surface area contributed by atoms with Crippen molar-refractivity contribution in [2.24, 2.45) is 22.2 Å². The van der Waals surface area contributed by atoms with Crippen molar-refractivity contribution in [1.29, 1.82) is 10.5 Å². The topological polar surface area (TPSA) is 108 Å². The molecule has 6 nitrogen and oxygen atoms in total. The second-order valence-electron chi connectivity index (χ2n) is 8.80. The smallest absolute Gasteiger partial charge is 0.384 e. The highest BCUT2D eigenvalue weighted by atomic mass is 16.5. The minimum Gasteiger partial charge on any atom is -0.452 e. The van der Waals surface area contributed by atoms with Crippen molar-refractivity contribution in [1.82, 2.24) is 0 Å². The Bertz CT molecular complexity index is 1140. The summed E-state index contributed by atoms with van der Waals surface area (Å²) in [7, 11) is 0. The zero-order chi connectivity index (χ0) is 23.0. The number of ketones is 2. The van der Waals surface area contributed by atoms with E-state index in [1.54, 1.807) is 6.08 Å². The first-order chi connectivity index (χ1) is 14.6. The van der Waals surface area contributed by atoms with Crippen molar-refractivity contribution < 1.29 is 19.1 Å². The molecule has 0 aromatic rings. The molecule has 6 heteroatoms. The first-order valence-corrected chi connectivity index (χ1v) is 9.94. The van der Waals surface area contributed by atoms with E-state index in [2.05, 4.69) is 18.4 Å². The number of nitriles is 2. The lowest BCUT2D eigenvalue weighted by atomic mass is 9.45. The highest BCUT2D eigenvalue weighted by Crippen LogP contribution is 2.63. The number of esters is 1. The van der Waals surface area contributed by atoms with Gasteiger partial charge >= 0.3 is 5.97 Å². The van der Waals surface area contributed by atoms with Crippen LogP contribution in [0.4, 0.5) is 0 Å². The number of carbonyl (C=O) groups is 3. The summed E-state index contributed by atoms with van der Waals surface area (Å²) in [5, 5.41) is 19.0. The summed E-state index contributed by atoms with van der Waals surface area (Å²) in [6, 6.07) is 3.90. The average Bonchev–Trinajstić information content (AvgIpc) is 2.74. The normalized spacial score (nSPS) is 30.5. The fraction of sp³-hybridized carbons (Fsp3) is 0.400. The van der Waals surface area contributed by atoms with E-state index >= 15 is 0 Å². The maximum atomic E-state index is 12.9. The van der Waals surface area contributed by atoms with Gasteiger partial charge in [-0.25, -0.2) is 4.79 Å². The van der Waals surface area contributed by atoms with E-state index in [0.29, 0.717) is 18.4 Å². The molecule has 3 aliphatic rings. The lowest BCUT2D eigenvalue weighted by Crippen LogP contribution is -2.53. The molecule has 0 aromatic heterocycles. The molecule has 3 rings (SSSR count). The Morgan fingerprint density at radius 3 is 2.52 bits per heavy atom. The first kappa shape index (κ1) is 22.0. The van der Waals surface area contributed by atoms with Crippen LogP contribution in [0.2, 0.25) is 0 Å². The van der Waals surface area contributed by atoms with Crippen molar-refractivity contribution in [3.63, 3.8) is 0 Å². The van der Waals surface area contributed by atoms with Gasteiger partial charge in [-0.3, -0.25) is 9.59 Å². The summed E-state index contributed by atoms with van der Waals surface area (Å²) < 4.78 is 4.94. The van der Waals surface area contributed by atoms with E-state index in [1.165, 1.54) is 18.2 Å². The fourth-order valence-electron chi connectivity index (χ4n) is 5.26. The SMILES string of the molecule is C=CCOC(=O)C#C[C@@]12C=C(C#N)C(=O)C=C1[C@@]1(C)C=C(C#N)C(=O)C(C)(C)[C@@H]1CC2. The molecule has 3 atom stereocenters. The van der Waals surface area contributed by atoms with Gasteiger partial charge in [-0.2, -0.15) is 10.5 Å². The third kappa shape index (κ3) is 3.33. The third-order valence-corrected chi connectivity index (χ3v) is 6.65. The van der Waals surface area contributed by atoms with E-state index in [1.807, 2.05) is 32.9 Å². The van der Waals surface area contributed by atoms with Gasteiger partial charge in [-0.05, 0) is 36.5 Å². The molecule has 0 spiro atoms. The van der Waals surface area contributed by atoms with Crippen LogP contribution in [0.3, 0.4) is 0 Å². The lowest BCUT2D eigenvalue weighted by molar-refractivity contribution is -0.135. The van der Waals surface area contributed by atoms with Gasteiger partial charge in [-0.1, -0.05) is 45.4 Å². The van der Waals surface area contributed by atoms with Gasteiger partial charge in [0.15, 0.2) is 11.6 Å². The molecule has 0 radical (unpaired) electrons. The molecule has 1 saturated carbocycles. The van der Waals surface area contributed by atoms with Crippen molar-refractivity contribution in [2.45, 2.75) is 33.6 Å². The van der Waals surface area contributed by atoms with Crippen LogP contribution in [0, 0.1) is 56.7 Å². The number of hydrogen-bond acceptors (Lipinski definition) is 6. The van der Waals surface area contributed by atoms with Gasteiger partial charge in [0.05, 0.1) is 16.6 Å². The average molecular weight is 414 g/mol. The maximum Gasteiger partial charge on any atom is 0.384 e. The standard InChI is InChI=1S/C25H22N2O4/c1-5-10-31-21(29)7-9-25-8-6-19-23(2,3)22(30)17(15-27)12-24(19,4)20(25)11-18(28)16(13-25)14-26/h5,11-13,19H,1,6,8,10H2,2-4H3/t19-,24-,25-/m0/s1. The molecule has 0 bridgehead atoms. The monoisotopic (exact) mass is 414 g/mol. The minimum atomic E-state index is -1.05. The summed E-state index contributed by atoms with van der Waals surface area (Å²) in [6.45, 7) is 9.02. The van der Waals surface area contributed by atoms with Gasteiger partial charge in [0.25, 0.3) is 0 Å². The molecule has 0 amide bonds. The molecule has 0 N–H and O–H groups in total. The van der Waals surface area contributed by atoms with Crippen LogP contribution in [0.15, 0.2) is 47.6 Å². The molecule has 0 aliphatic heterocycles. The van der Waals surface area contributed by atoms with E-state index in [0.717, 1.165) is 0 Å². The number of Topliss-reactive ketones (excluding diaryl/α,β-unsaturated/α-hetero) is 1. The number of nitrogens with zero attached hydrogens (tertiary/aromatic N) is 2. The Kier molecular flexibility index (Phi) is 5.35. The molecule has 1 fully saturated rings. The molecule has 0 unspecified atom stereocenters. The molecule has 31 heavy (non-hydrogen) atoms.